The highest BCUT2D eigenvalue weighted by Gasteiger charge is 2.53. The molecule has 2 N–H and O–H groups in total. The molecule has 0 amide bonds. The van der Waals surface area contributed by atoms with E-state index in [-0.39, 0.29) is 5.41 Å². The Balaban J connectivity index is 1.72. The van der Waals surface area contributed by atoms with Crippen molar-refractivity contribution in [2.45, 2.75) is 37.1 Å². The summed E-state index contributed by atoms with van der Waals surface area (Å²) >= 11 is 3.38. The first-order chi connectivity index (χ1) is 9.97. The average molecular weight is 373 g/mol. The quantitative estimate of drug-likeness (QED) is 0.773. The summed E-state index contributed by atoms with van der Waals surface area (Å²) in [5, 5.41) is 3.06. The maximum Gasteiger partial charge on any atom is 0.241 e. The van der Waals surface area contributed by atoms with Gasteiger partial charge in [-0.15, -0.1) is 0 Å². The number of sulfonamides is 1. The molecule has 3 rings (SSSR count). The highest BCUT2D eigenvalue weighted by molar-refractivity contribution is 9.10. The van der Waals surface area contributed by atoms with Crippen LogP contribution in [0, 0.1) is 11.3 Å². The Morgan fingerprint density at radius 2 is 2.05 bits per heavy atom. The van der Waals surface area contributed by atoms with Crippen LogP contribution < -0.4 is 10.0 Å². The van der Waals surface area contributed by atoms with Gasteiger partial charge < -0.3 is 5.32 Å². The summed E-state index contributed by atoms with van der Waals surface area (Å²) in [5.41, 5.74) is 1.32. The van der Waals surface area contributed by atoms with Crippen LogP contribution >= 0.6 is 15.9 Å². The molecule has 2 saturated carbocycles. The molecule has 21 heavy (non-hydrogen) atoms. The highest BCUT2D eigenvalue weighted by Crippen LogP contribution is 2.60. The van der Waals surface area contributed by atoms with E-state index >= 15 is 0 Å². The van der Waals surface area contributed by atoms with Crippen molar-refractivity contribution in [3.05, 3.63) is 28.2 Å². The van der Waals surface area contributed by atoms with E-state index in [0.29, 0.717) is 15.9 Å². The Hall–Kier alpha value is -0.430. The molecule has 0 saturated heterocycles. The fraction of sp³-hybridized carbons (Fsp3) is 0.600. The van der Waals surface area contributed by atoms with Gasteiger partial charge in [0, 0.05) is 17.6 Å². The summed E-state index contributed by atoms with van der Waals surface area (Å²) in [6.07, 6.45) is 4.87. The maximum atomic E-state index is 12.5. The Morgan fingerprint density at radius 3 is 2.57 bits per heavy atom. The predicted octanol–water partition coefficient (Wildman–Crippen LogP) is 2.64. The van der Waals surface area contributed by atoms with E-state index < -0.39 is 10.0 Å². The molecule has 2 fully saturated rings. The third-order valence-corrected chi connectivity index (χ3v) is 6.99. The lowest BCUT2D eigenvalue weighted by Gasteiger charge is -2.16. The summed E-state index contributed by atoms with van der Waals surface area (Å²) in [6.45, 7) is 1.31. The molecule has 2 aliphatic carbocycles. The fourth-order valence-corrected chi connectivity index (χ4v) is 5.24. The fourth-order valence-electron chi connectivity index (χ4n) is 2.98. The molecule has 0 aromatic heterocycles. The van der Waals surface area contributed by atoms with Gasteiger partial charge in [-0.25, -0.2) is 13.1 Å². The first kappa shape index (κ1) is 15.5. The zero-order valence-electron chi connectivity index (χ0n) is 12.2. The standard InChI is InChI=1S/C15H21BrN2O2S/c1-17-9-11-2-5-14(13(16)8-11)21(19,20)18-10-15(6-7-15)12-3-4-12/h2,5,8,12,17-18H,3-4,6-7,9-10H2,1H3. The van der Waals surface area contributed by atoms with Gasteiger partial charge >= 0.3 is 0 Å². The van der Waals surface area contributed by atoms with Crippen molar-refractivity contribution in [1.29, 1.82) is 0 Å². The second-order valence-corrected chi connectivity index (χ2v) is 8.85. The summed E-state index contributed by atoms with van der Waals surface area (Å²) in [4.78, 5) is 0.328. The number of rotatable bonds is 7. The molecule has 0 radical (unpaired) electrons. The summed E-state index contributed by atoms with van der Waals surface area (Å²) in [6, 6.07) is 5.39. The van der Waals surface area contributed by atoms with E-state index in [0.717, 1.165) is 18.0 Å². The van der Waals surface area contributed by atoms with Crippen LogP contribution in [0.4, 0.5) is 0 Å². The van der Waals surface area contributed by atoms with Gasteiger partial charge in [0.2, 0.25) is 10.0 Å². The largest absolute Gasteiger partial charge is 0.316 e. The van der Waals surface area contributed by atoms with Gasteiger partial charge in [-0.3, -0.25) is 0 Å². The first-order valence-electron chi connectivity index (χ1n) is 7.40. The van der Waals surface area contributed by atoms with Crippen molar-refractivity contribution in [3.63, 3.8) is 0 Å². The minimum atomic E-state index is -3.44. The van der Waals surface area contributed by atoms with E-state index in [2.05, 4.69) is 26.0 Å². The molecule has 0 spiro atoms. The van der Waals surface area contributed by atoms with Crippen molar-refractivity contribution in [2.24, 2.45) is 11.3 Å². The monoisotopic (exact) mass is 372 g/mol. The van der Waals surface area contributed by atoms with Gasteiger partial charge in [0.15, 0.2) is 0 Å². The number of halogens is 1. The Labute approximate surface area is 134 Å². The minimum absolute atomic E-state index is 0.269. The molecule has 0 atom stereocenters. The van der Waals surface area contributed by atoms with Crippen LogP contribution in [0.25, 0.3) is 0 Å². The summed E-state index contributed by atoms with van der Waals surface area (Å²) in [7, 11) is -1.57. The molecular formula is C15H21BrN2O2S. The van der Waals surface area contributed by atoms with Gasteiger partial charge in [0.1, 0.15) is 0 Å². The summed E-state index contributed by atoms with van der Waals surface area (Å²) < 4.78 is 28.4. The van der Waals surface area contributed by atoms with Crippen LogP contribution in [0.1, 0.15) is 31.2 Å². The van der Waals surface area contributed by atoms with Crippen molar-refractivity contribution >= 4 is 26.0 Å². The normalized spacial score (nSPS) is 20.5. The van der Waals surface area contributed by atoms with Gasteiger partial charge in [0.25, 0.3) is 0 Å². The predicted molar refractivity (Wildman–Crippen MR) is 86.5 cm³/mol. The van der Waals surface area contributed by atoms with E-state index in [1.54, 1.807) is 6.07 Å². The Morgan fingerprint density at radius 1 is 1.33 bits per heavy atom. The van der Waals surface area contributed by atoms with E-state index in [1.807, 2.05) is 19.2 Å². The molecule has 1 aromatic rings. The van der Waals surface area contributed by atoms with Crippen LogP contribution in [-0.4, -0.2) is 22.0 Å². The number of benzene rings is 1. The number of hydrogen-bond acceptors (Lipinski definition) is 3. The molecule has 116 valence electrons. The van der Waals surface area contributed by atoms with E-state index in [9.17, 15) is 8.42 Å². The molecule has 4 nitrogen and oxygen atoms in total. The lowest BCUT2D eigenvalue weighted by molar-refractivity contribution is 0.432. The van der Waals surface area contributed by atoms with Crippen LogP contribution in [0.15, 0.2) is 27.6 Å². The Bertz CT molecular complexity index is 637. The van der Waals surface area contributed by atoms with Crippen LogP contribution in [0.2, 0.25) is 0 Å². The maximum absolute atomic E-state index is 12.5. The molecule has 0 bridgehead atoms. The van der Waals surface area contributed by atoms with Gasteiger partial charge in [-0.2, -0.15) is 0 Å². The molecule has 0 unspecified atom stereocenters. The first-order valence-corrected chi connectivity index (χ1v) is 9.67. The molecule has 1 aromatic carbocycles. The lowest BCUT2D eigenvalue weighted by Crippen LogP contribution is -2.31. The van der Waals surface area contributed by atoms with Crippen LogP contribution in [-0.2, 0) is 16.6 Å². The second kappa shape index (κ2) is 5.65. The van der Waals surface area contributed by atoms with E-state index in [1.165, 1.54) is 25.7 Å². The molecule has 2 aliphatic rings. The average Bonchev–Trinajstić information content (AvgIpc) is 3.29. The number of nitrogens with one attached hydrogen (secondary N) is 2. The summed E-state index contributed by atoms with van der Waals surface area (Å²) in [5.74, 6) is 0.752. The third kappa shape index (κ3) is 3.33. The van der Waals surface area contributed by atoms with Crippen LogP contribution in [0.3, 0.4) is 0 Å². The van der Waals surface area contributed by atoms with E-state index in [4.69, 9.17) is 0 Å². The van der Waals surface area contributed by atoms with Crippen molar-refractivity contribution in [3.8, 4) is 0 Å². The van der Waals surface area contributed by atoms with Gasteiger partial charge in [-0.1, -0.05) is 6.07 Å². The zero-order valence-corrected chi connectivity index (χ0v) is 14.6. The minimum Gasteiger partial charge on any atom is -0.316 e. The molecule has 6 heteroatoms. The van der Waals surface area contributed by atoms with Gasteiger partial charge in [0.05, 0.1) is 4.90 Å². The second-order valence-electron chi connectivity index (χ2n) is 6.26. The topological polar surface area (TPSA) is 58.2 Å². The zero-order chi connectivity index (χ0) is 15.1. The third-order valence-electron chi connectivity index (χ3n) is 4.62. The van der Waals surface area contributed by atoms with Crippen molar-refractivity contribution in [1.82, 2.24) is 10.0 Å². The SMILES string of the molecule is CNCc1ccc(S(=O)(=O)NCC2(C3CC3)CC2)c(Br)c1. The molecular weight excluding hydrogens is 352 g/mol. The molecule has 0 heterocycles. The highest BCUT2D eigenvalue weighted by atomic mass is 79.9. The van der Waals surface area contributed by atoms with Gasteiger partial charge in [-0.05, 0) is 77.7 Å². The van der Waals surface area contributed by atoms with Crippen molar-refractivity contribution < 1.29 is 8.42 Å². The lowest BCUT2D eigenvalue weighted by atomic mass is 10.0. The number of hydrogen-bond donors (Lipinski definition) is 2. The van der Waals surface area contributed by atoms with Crippen molar-refractivity contribution in [2.75, 3.05) is 13.6 Å². The molecule has 0 aliphatic heterocycles. The smallest absolute Gasteiger partial charge is 0.241 e. The Kier molecular flexibility index (Phi) is 4.16. The van der Waals surface area contributed by atoms with Crippen LogP contribution in [0.5, 0.6) is 0 Å².